The van der Waals surface area contributed by atoms with Crippen LogP contribution in [0, 0.1) is 5.82 Å². The van der Waals surface area contributed by atoms with E-state index in [1.165, 1.54) is 44.6 Å². The molecule has 3 heteroatoms. The molecule has 0 amide bonds. The monoisotopic (exact) mass is 313 g/mol. The summed E-state index contributed by atoms with van der Waals surface area (Å²) in [4.78, 5) is 0. The average molecular weight is 314 g/mol. The minimum atomic E-state index is -0.339. The Morgan fingerprint density at radius 1 is 1.05 bits per heavy atom. The highest BCUT2D eigenvalue weighted by Gasteiger charge is 2.12. The quantitative estimate of drug-likeness (QED) is 0.475. The van der Waals surface area contributed by atoms with Crippen LogP contribution in [0.4, 0.5) is 4.39 Å². The van der Waals surface area contributed by atoms with Crippen molar-refractivity contribution in [1.29, 1.82) is 0 Å². The molecule has 0 aliphatic carbocycles. The van der Waals surface area contributed by atoms with Crippen LogP contribution in [0.2, 0.25) is 5.02 Å². The maximum atomic E-state index is 13.3. The minimum Gasteiger partial charge on any atom is -0.310 e. The molecule has 0 spiro atoms. The molecule has 0 aliphatic rings. The smallest absolute Gasteiger partial charge is 0.141 e. The van der Waals surface area contributed by atoms with Crippen LogP contribution in [0.3, 0.4) is 0 Å². The molecule has 1 nitrogen and oxygen atoms in total. The Morgan fingerprint density at radius 2 is 1.76 bits per heavy atom. The van der Waals surface area contributed by atoms with E-state index in [-0.39, 0.29) is 16.9 Å². The van der Waals surface area contributed by atoms with E-state index >= 15 is 0 Å². The molecule has 1 atom stereocenters. The summed E-state index contributed by atoms with van der Waals surface area (Å²) in [5.41, 5.74) is 1.10. The fraction of sp³-hybridized carbons (Fsp3) is 0.667. The van der Waals surface area contributed by atoms with Gasteiger partial charge in [0.15, 0.2) is 0 Å². The lowest BCUT2D eigenvalue weighted by atomic mass is 9.99. The molecular weight excluding hydrogens is 285 g/mol. The molecule has 0 aliphatic heterocycles. The molecule has 0 heterocycles. The lowest BCUT2D eigenvalue weighted by molar-refractivity contribution is 0.466. The van der Waals surface area contributed by atoms with Crippen LogP contribution in [0.25, 0.3) is 0 Å². The molecule has 0 aromatic heterocycles. The van der Waals surface area contributed by atoms with Gasteiger partial charge in [0, 0.05) is 6.04 Å². The first-order valence-electron chi connectivity index (χ1n) is 8.37. The van der Waals surface area contributed by atoms with Crippen molar-refractivity contribution in [1.82, 2.24) is 5.32 Å². The van der Waals surface area contributed by atoms with E-state index in [4.69, 9.17) is 11.6 Å². The molecule has 0 saturated carbocycles. The van der Waals surface area contributed by atoms with Crippen LogP contribution in [0.5, 0.6) is 0 Å². The zero-order chi connectivity index (χ0) is 15.5. The molecule has 21 heavy (non-hydrogen) atoms. The van der Waals surface area contributed by atoms with Gasteiger partial charge in [-0.05, 0) is 37.1 Å². The molecule has 120 valence electrons. The average Bonchev–Trinajstić information content (AvgIpc) is 2.49. The van der Waals surface area contributed by atoms with Gasteiger partial charge >= 0.3 is 0 Å². The number of hydrogen-bond acceptors (Lipinski definition) is 1. The normalized spacial score (nSPS) is 12.6. The van der Waals surface area contributed by atoms with Gasteiger partial charge in [-0.3, -0.25) is 0 Å². The topological polar surface area (TPSA) is 12.0 Å². The van der Waals surface area contributed by atoms with Crippen LogP contribution in [0.15, 0.2) is 18.2 Å². The van der Waals surface area contributed by atoms with Gasteiger partial charge in [-0.25, -0.2) is 4.39 Å². The van der Waals surface area contributed by atoms with E-state index in [0.29, 0.717) is 0 Å². The van der Waals surface area contributed by atoms with Gasteiger partial charge in [0.1, 0.15) is 5.82 Å². The zero-order valence-corrected chi connectivity index (χ0v) is 14.2. The second-order valence-electron chi connectivity index (χ2n) is 5.74. The van der Waals surface area contributed by atoms with E-state index in [9.17, 15) is 4.39 Å². The lowest BCUT2D eigenvalue weighted by Gasteiger charge is -2.19. The zero-order valence-electron chi connectivity index (χ0n) is 13.4. The summed E-state index contributed by atoms with van der Waals surface area (Å²) in [5.74, 6) is -0.339. The first-order chi connectivity index (χ1) is 10.2. The second-order valence-corrected chi connectivity index (χ2v) is 6.14. The Balaban J connectivity index is 2.48. The number of rotatable bonds is 11. The van der Waals surface area contributed by atoms with Gasteiger partial charge in [0.2, 0.25) is 0 Å². The standard InChI is InChI=1S/C18H29ClFN/c1-3-5-6-7-8-9-10-18(21-13-4-2)15-11-12-17(20)16(19)14-15/h11-12,14,18,21H,3-10,13H2,1-2H3. The molecule has 0 fully saturated rings. The molecule has 1 N–H and O–H groups in total. The minimum absolute atomic E-state index is 0.221. The van der Waals surface area contributed by atoms with E-state index < -0.39 is 0 Å². The molecule has 1 aromatic carbocycles. The fourth-order valence-corrected chi connectivity index (χ4v) is 2.75. The maximum absolute atomic E-state index is 13.3. The van der Waals surface area contributed by atoms with Gasteiger partial charge in [-0.1, -0.05) is 70.0 Å². The third-order valence-electron chi connectivity index (χ3n) is 3.83. The molecule has 1 aromatic rings. The Kier molecular flexibility index (Phi) is 9.69. The van der Waals surface area contributed by atoms with Crippen molar-refractivity contribution in [3.05, 3.63) is 34.6 Å². The highest BCUT2D eigenvalue weighted by atomic mass is 35.5. The van der Waals surface area contributed by atoms with E-state index in [1.807, 2.05) is 6.07 Å². The van der Waals surface area contributed by atoms with Gasteiger partial charge < -0.3 is 5.32 Å². The summed E-state index contributed by atoms with van der Waals surface area (Å²) < 4.78 is 13.3. The van der Waals surface area contributed by atoms with Crippen molar-refractivity contribution in [2.75, 3.05) is 6.54 Å². The van der Waals surface area contributed by atoms with E-state index in [0.717, 1.165) is 24.9 Å². The summed E-state index contributed by atoms with van der Waals surface area (Å²) in [6.07, 6.45) is 9.96. The number of unbranched alkanes of at least 4 members (excludes halogenated alkanes) is 5. The van der Waals surface area contributed by atoms with Gasteiger partial charge in [0.25, 0.3) is 0 Å². The Morgan fingerprint density at radius 3 is 2.43 bits per heavy atom. The van der Waals surface area contributed by atoms with E-state index in [1.54, 1.807) is 6.07 Å². The number of benzene rings is 1. The summed E-state index contributed by atoms with van der Waals surface area (Å²) in [6.45, 7) is 5.38. The third kappa shape index (κ3) is 7.28. The first kappa shape index (κ1) is 18.4. The summed E-state index contributed by atoms with van der Waals surface area (Å²) >= 11 is 5.91. The van der Waals surface area contributed by atoms with Crippen LogP contribution in [-0.2, 0) is 0 Å². The molecular formula is C18H29ClFN. The van der Waals surface area contributed by atoms with Crippen LogP contribution in [0.1, 0.15) is 76.8 Å². The van der Waals surface area contributed by atoms with Crippen LogP contribution >= 0.6 is 11.6 Å². The largest absolute Gasteiger partial charge is 0.310 e. The molecule has 1 rings (SSSR count). The lowest BCUT2D eigenvalue weighted by Crippen LogP contribution is -2.22. The van der Waals surface area contributed by atoms with Crippen molar-refractivity contribution in [3.8, 4) is 0 Å². The molecule has 1 unspecified atom stereocenters. The SMILES string of the molecule is CCCCCCCCC(NCCC)c1ccc(F)c(Cl)c1. The number of hydrogen-bond donors (Lipinski definition) is 1. The van der Waals surface area contributed by atoms with Gasteiger partial charge in [0.05, 0.1) is 5.02 Å². The van der Waals surface area contributed by atoms with Crippen molar-refractivity contribution in [3.63, 3.8) is 0 Å². The van der Waals surface area contributed by atoms with Crippen LogP contribution < -0.4 is 5.32 Å². The second kappa shape index (κ2) is 11.0. The number of nitrogens with one attached hydrogen (secondary N) is 1. The third-order valence-corrected chi connectivity index (χ3v) is 4.12. The van der Waals surface area contributed by atoms with Crippen LogP contribution in [-0.4, -0.2) is 6.54 Å². The van der Waals surface area contributed by atoms with Crippen molar-refractivity contribution < 1.29 is 4.39 Å². The summed E-state index contributed by atoms with van der Waals surface area (Å²) in [5, 5.41) is 3.77. The predicted octanol–water partition coefficient (Wildman–Crippen LogP) is 6.27. The van der Waals surface area contributed by atoms with Crippen molar-refractivity contribution >= 4 is 11.6 Å². The molecule has 0 saturated heterocycles. The van der Waals surface area contributed by atoms with Gasteiger partial charge in [-0.2, -0.15) is 0 Å². The Labute approximate surface area is 134 Å². The highest BCUT2D eigenvalue weighted by molar-refractivity contribution is 6.30. The van der Waals surface area contributed by atoms with E-state index in [2.05, 4.69) is 19.2 Å². The summed E-state index contributed by atoms with van der Waals surface area (Å²) in [7, 11) is 0. The Bertz CT molecular complexity index is 395. The highest BCUT2D eigenvalue weighted by Crippen LogP contribution is 2.25. The molecule has 0 bridgehead atoms. The fourth-order valence-electron chi connectivity index (χ4n) is 2.56. The summed E-state index contributed by atoms with van der Waals surface area (Å²) in [6, 6.07) is 5.38. The Hall–Kier alpha value is -0.600. The maximum Gasteiger partial charge on any atom is 0.141 e. The van der Waals surface area contributed by atoms with Crippen molar-refractivity contribution in [2.45, 2.75) is 71.3 Å². The van der Waals surface area contributed by atoms with Gasteiger partial charge in [-0.15, -0.1) is 0 Å². The molecule has 0 radical (unpaired) electrons. The first-order valence-corrected chi connectivity index (χ1v) is 8.75. The number of halogens is 2. The predicted molar refractivity (Wildman–Crippen MR) is 90.4 cm³/mol. The van der Waals surface area contributed by atoms with Crippen molar-refractivity contribution in [2.24, 2.45) is 0 Å².